The summed E-state index contributed by atoms with van der Waals surface area (Å²) in [4.78, 5) is 17.3. The van der Waals surface area contributed by atoms with E-state index in [9.17, 15) is 9.18 Å². The van der Waals surface area contributed by atoms with Gasteiger partial charge in [-0.2, -0.15) is 0 Å². The predicted molar refractivity (Wildman–Crippen MR) is 93.5 cm³/mol. The summed E-state index contributed by atoms with van der Waals surface area (Å²) in [6.07, 6.45) is 4.91. The van der Waals surface area contributed by atoms with Gasteiger partial charge >= 0.3 is 0 Å². The van der Waals surface area contributed by atoms with Crippen molar-refractivity contribution >= 4 is 5.91 Å². The molecule has 25 heavy (non-hydrogen) atoms. The van der Waals surface area contributed by atoms with Crippen LogP contribution in [0.5, 0.6) is 0 Å². The zero-order valence-corrected chi connectivity index (χ0v) is 14.7. The van der Waals surface area contributed by atoms with Crippen LogP contribution in [0.2, 0.25) is 0 Å². The van der Waals surface area contributed by atoms with E-state index in [0.717, 1.165) is 57.6 Å². The molecule has 0 bridgehead atoms. The molecule has 3 aliphatic rings. The van der Waals surface area contributed by atoms with Crippen LogP contribution in [-0.4, -0.2) is 54.1 Å². The molecule has 3 heterocycles. The van der Waals surface area contributed by atoms with Crippen LogP contribution in [0.1, 0.15) is 37.7 Å². The Morgan fingerprint density at radius 3 is 2.80 bits per heavy atom. The standard InChI is InChI=1S/C20H27FN2O2/c21-17-5-1-3-15(11-17)12-23-19-14-22(18-7-9-25-10-8-18)13-16(19)4-2-6-20(23)24/h1,3,5,11,16,18-19H,2,4,6-10,12-14H2. The second-order valence-electron chi connectivity index (χ2n) is 7.67. The molecular formula is C20H27FN2O2. The monoisotopic (exact) mass is 346 g/mol. The zero-order chi connectivity index (χ0) is 17.2. The molecule has 3 aliphatic heterocycles. The minimum absolute atomic E-state index is 0.227. The fourth-order valence-corrected chi connectivity index (χ4v) is 4.75. The molecule has 0 saturated carbocycles. The lowest BCUT2D eigenvalue weighted by Crippen LogP contribution is -2.44. The third-order valence-electron chi connectivity index (χ3n) is 6.07. The second kappa shape index (κ2) is 7.42. The minimum atomic E-state index is -0.230. The van der Waals surface area contributed by atoms with E-state index in [0.29, 0.717) is 24.9 Å². The third-order valence-corrected chi connectivity index (χ3v) is 6.07. The lowest BCUT2D eigenvalue weighted by Gasteiger charge is -2.33. The van der Waals surface area contributed by atoms with E-state index in [1.807, 2.05) is 11.0 Å². The number of benzene rings is 1. The summed E-state index contributed by atoms with van der Waals surface area (Å²) in [5.74, 6) is 0.542. The topological polar surface area (TPSA) is 32.8 Å². The van der Waals surface area contributed by atoms with Gasteiger partial charge in [-0.15, -0.1) is 0 Å². The normalized spacial score (nSPS) is 28.8. The molecule has 2 unspecified atom stereocenters. The van der Waals surface area contributed by atoms with Crippen molar-refractivity contribution in [2.45, 2.75) is 50.7 Å². The van der Waals surface area contributed by atoms with E-state index in [1.165, 1.54) is 6.07 Å². The highest BCUT2D eigenvalue weighted by Crippen LogP contribution is 2.34. The lowest BCUT2D eigenvalue weighted by molar-refractivity contribution is -0.133. The number of hydrogen-bond acceptors (Lipinski definition) is 3. The largest absolute Gasteiger partial charge is 0.381 e. The molecule has 1 aromatic rings. The Morgan fingerprint density at radius 2 is 2.00 bits per heavy atom. The van der Waals surface area contributed by atoms with Crippen molar-refractivity contribution in [1.82, 2.24) is 9.80 Å². The van der Waals surface area contributed by atoms with Crippen molar-refractivity contribution in [3.8, 4) is 0 Å². The maximum absolute atomic E-state index is 13.5. The van der Waals surface area contributed by atoms with Gasteiger partial charge in [0, 0.05) is 51.4 Å². The van der Waals surface area contributed by atoms with Gasteiger partial charge in [-0.05, 0) is 49.3 Å². The van der Waals surface area contributed by atoms with E-state index in [1.54, 1.807) is 12.1 Å². The molecule has 0 spiro atoms. The number of carbonyl (C=O) groups is 1. The minimum Gasteiger partial charge on any atom is -0.381 e. The van der Waals surface area contributed by atoms with Crippen molar-refractivity contribution in [2.75, 3.05) is 26.3 Å². The van der Waals surface area contributed by atoms with E-state index >= 15 is 0 Å². The number of fused-ring (bicyclic) bond motifs is 1. The summed E-state index contributed by atoms with van der Waals surface area (Å²) in [7, 11) is 0. The van der Waals surface area contributed by atoms with E-state index in [2.05, 4.69) is 4.90 Å². The molecule has 0 aromatic heterocycles. The second-order valence-corrected chi connectivity index (χ2v) is 7.67. The molecule has 3 saturated heterocycles. The summed E-state index contributed by atoms with van der Waals surface area (Å²) >= 11 is 0. The smallest absolute Gasteiger partial charge is 0.223 e. The first kappa shape index (κ1) is 17.0. The molecule has 1 aromatic carbocycles. The number of likely N-dealkylation sites (tertiary alicyclic amines) is 2. The first-order valence-corrected chi connectivity index (χ1v) is 9.56. The van der Waals surface area contributed by atoms with E-state index in [4.69, 9.17) is 4.74 Å². The lowest BCUT2D eigenvalue weighted by atomic mass is 9.98. The maximum Gasteiger partial charge on any atom is 0.223 e. The average Bonchev–Trinajstić information content (AvgIpc) is 2.98. The van der Waals surface area contributed by atoms with Crippen LogP contribution in [0.4, 0.5) is 4.39 Å². The van der Waals surface area contributed by atoms with E-state index < -0.39 is 0 Å². The highest BCUT2D eigenvalue weighted by Gasteiger charge is 2.42. The number of amides is 1. The summed E-state index contributed by atoms with van der Waals surface area (Å²) in [6.45, 7) is 4.27. The van der Waals surface area contributed by atoms with Gasteiger partial charge in [-0.1, -0.05) is 12.1 Å². The summed E-state index contributed by atoms with van der Waals surface area (Å²) < 4.78 is 19.0. The molecule has 1 amide bonds. The Balaban J connectivity index is 1.51. The van der Waals surface area contributed by atoms with Crippen LogP contribution in [-0.2, 0) is 16.1 Å². The fourth-order valence-electron chi connectivity index (χ4n) is 4.75. The summed E-state index contributed by atoms with van der Waals surface area (Å²) in [5, 5.41) is 0. The predicted octanol–water partition coefficient (Wildman–Crippen LogP) is 2.82. The van der Waals surface area contributed by atoms with Gasteiger partial charge in [0.25, 0.3) is 0 Å². The molecule has 0 aliphatic carbocycles. The number of carbonyl (C=O) groups excluding carboxylic acids is 1. The van der Waals surface area contributed by atoms with Gasteiger partial charge in [0.1, 0.15) is 5.82 Å². The Bertz CT molecular complexity index is 617. The SMILES string of the molecule is O=C1CCCC2CN(C3CCOCC3)CC2N1Cc1cccc(F)c1. The van der Waals surface area contributed by atoms with Crippen LogP contribution >= 0.6 is 0 Å². The number of halogens is 1. The Hall–Kier alpha value is -1.46. The van der Waals surface area contributed by atoms with Crippen molar-refractivity contribution < 1.29 is 13.9 Å². The first-order valence-electron chi connectivity index (χ1n) is 9.56. The highest BCUT2D eigenvalue weighted by molar-refractivity contribution is 5.77. The van der Waals surface area contributed by atoms with Gasteiger partial charge in [-0.25, -0.2) is 4.39 Å². The van der Waals surface area contributed by atoms with Crippen LogP contribution in [0.15, 0.2) is 24.3 Å². The maximum atomic E-state index is 13.5. The van der Waals surface area contributed by atoms with Crippen molar-refractivity contribution in [3.63, 3.8) is 0 Å². The quantitative estimate of drug-likeness (QED) is 0.844. The molecular weight excluding hydrogens is 319 g/mol. The zero-order valence-electron chi connectivity index (χ0n) is 14.7. The molecule has 136 valence electrons. The van der Waals surface area contributed by atoms with Crippen LogP contribution in [0, 0.1) is 11.7 Å². The van der Waals surface area contributed by atoms with Crippen LogP contribution in [0.3, 0.4) is 0 Å². The van der Waals surface area contributed by atoms with Gasteiger partial charge < -0.3 is 9.64 Å². The van der Waals surface area contributed by atoms with Crippen LogP contribution < -0.4 is 0 Å². The molecule has 0 N–H and O–H groups in total. The number of nitrogens with zero attached hydrogens (tertiary/aromatic N) is 2. The number of ether oxygens (including phenoxy) is 1. The molecule has 5 heteroatoms. The number of rotatable bonds is 3. The third kappa shape index (κ3) is 3.72. The molecule has 2 atom stereocenters. The van der Waals surface area contributed by atoms with Gasteiger partial charge in [0.2, 0.25) is 5.91 Å². The first-order chi connectivity index (χ1) is 12.2. The highest BCUT2D eigenvalue weighted by atomic mass is 19.1. The molecule has 3 fully saturated rings. The summed E-state index contributed by atoms with van der Waals surface area (Å²) in [5.41, 5.74) is 0.888. The van der Waals surface area contributed by atoms with Crippen molar-refractivity contribution in [1.29, 1.82) is 0 Å². The fraction of sp³-hybridized carbons (Fsp3) is 0.650. The van der Waals surface area contributed by atoms with Gasteiger partial charge in [0.05, 0.1) is 0 Å². The Labute approximate surface area is 148 Å². The average molecular weight is 346 g/mol. The Kier molecular flexibility index (Phi) is 5.04. The van der Waals surface area contributed by atoms with Crippen LogP contribution in [0.25, 0.3) is 0 Å². The molecule has 4 rings (SSSR count). The Morgan fingerprint density at radius 1 is 1.16 bits per heavy atom. The van der Waals surface area contributed by atoms with Gasteiger partial charge in [0.15, 0.2) is 0 Å². The van der Waals surface area contributed by atoms with Gasteiger partial charge in [-0.3, -0.25) is 9.69 Å². The van der Waals surface area contributed by atoms with Crippen molar-refractivity contribution in [2.24, 2.45) is 5.92 Å². The molecule has 0 radical (unpaired) electrons. The molecule has 4 nitrogen and oxygen atoms in total. The van der Waals surface area contributed by atoms with E-state index in [-0.39, 0.29) is 17.8 Å². The number of hydrogen-bond donors (Lipinski definition) is 0. The van der Waals surface area contributed by atoms with Crippen molar-refractivity contribution in [3.05, 3.63) is 35.6 Å². The summed E-state index contributed by atoms with van der Waals surface area (Å²) in [6, 6.07) is 7.51.